The number of carbonyl (C=O) groups is 2. The summed E-state index contributed by atoms with van der Waals surface area (Å²) in [5.41, 5.74) is 11.4. The number of ether oxygens (including phenoxy) is 4. The van der Waals surface area contributed by atoms with Crippen LogP contribution in [0, 0.1) is 23.2 Å². The Hall–Kier alpha value is -6.78. The fourth-order valence-electron chi connectivity index (χ4n) is 14.3. The van der Waals surface area contributed by atoms with Crippen LogP contribution in [0.15, 0.2) is 109 Å². The van der Waals surface area contributed by atoms with E-state index in [1.807, 2.05) is 61.6 Å². The third kappa shape index (κ3) is 7.85. The van der Waals surface area contributed by atoms with Gasteiger partial charge in [0, 0.05) is 31.2 Å². The maximum absolute atomic E-state index is 14.6. The predicted molar refractivity (Wildman–Crippen MR) is 269 cm³/mol. The Kier molecular flexibility index (Phi) is 11.9. The van der Waals surface area contributed by atoms with Crippen LogP contribution in [0.5, 0.6) is 28.7 Å². The highest BCUT2D eigenvalue weighted by molar-refractivity contribution is 5.98. The molecule has 5 aliphatic rings. The summed E-state index contributed by atoms with van der Waals surface area (Å²) in [6.45, 7) is 2.18. The van der Waals surface area contributed by atoms with E-state index in [0.29, 0.717) is 37.3 Å². The van der Waals surface area contributed by atoms with Crippen LogP contribution in [0.3, 0.4) is 0 Å². The highest BCUT2D eigenvalue weighted by Gasteiger charge is 2.66. The van der Waals surface area contributed by atoms with Gasteiger partial charge in [-0.3, -0.25) is 9.59 Å². The Labute approximate surface area is 409 Å². The molecule has 6 aromatic carbocycles. The Bertz CT molecular complexity index is 3080. The van der Waals surface area contributed by atoms with Gasteiger partial charge in [-0.15, -0.1) is 0 Å². The Morgan fingerprint density at radius 1 is 0.743 bits per heavy atom. The zero-order valence-corrected chi connectivity index (χ0v) is 40.3. The number of rotatable bonds is 10. The molecule has 0 saturated heterocycles. The minimum atomic E-state index is -0.633. The number of hydrogen-bond acceptors (Lipinski definition) is 10. The molecular weight excluding hydrogens is 879 g/mol. The lowest BCUT2D eigenvalue weighted by molar-refractivity contribution is -0.171. The van der Waals surface area contributed by atoms with Crippen molar-refractivity contribution in [1.29, 1.82) is 0 Å². The lowest BCUT2D eigenvalue weighted by Crippen LogP contribution is -2.61. The second-order valence-electron chi connectivity index (χ2n) is 20.5. The monoisotopic (exact) mass is 939 g/mol. The summed E-state index contributed by atoms with van der Waals surface area (Å²) in [5, 5.41) is 38.6. The number of nitrogens with one attached hydrogen (secondary N) is 1. The first kappa shape index (κ1) is 45.7. The topological polar surface area (TPSA) is 144 Å². The quantitative estimate of drug-likeness (QED) is 0.0980. The second kappa shape index (κ2) is 18.2. The predicted octanol–water partition coefficient (Wildman–Crippen LogP) is 10.9. The van der Waals surface area contributed by atoms with E-state index in [4.69, 9.17) is 18.9 Å². The van der Waals surface area contributed by atoms with Gasteiger partial charge in [0.05, 0.1) is 20.6 Å². The number of fused-ring (bicyclic) bond motifs is 6. The number of esters is 2. The number of hydrogen-bond donors (Lipinski definition) is 4. The van der Waals surface area contributed by atoms with Crippen molar-refractivity contribution in [2.75, 3.05) is 21.3 Å². The molecule has 0 spiro atoms. The first-order chi connectivity index (χ1) is 33.9. The first-order valence-corrected chi connectivity index (χ1v) is 24.9. The molecule has 70 heavy (non-hydrogen) atoms. The van der Waals surface area contributed by atoms with Crippen LogP contribution in [-0.2, 0) is 51.3 Å². The summed E-state index contributed by atoms with van der Waals surface area (Å²) >= 11 is 0. The summed E-state index contributed by atoms with van der Waals surface area (Å²) in [5.74, 6) is 0.233. The number of aryl methyl sites for hydroxylation is 1. The maximum Gasteiger partial charge on any atom is 0.310 e. The molecule has 5 aliphatic carbocycles. The fraction of sp³-hybridized carbons (Fsp3) is 0.367. The van der Waals surface area contributed by atoms with E-state index < -0.39 is 17.6 Å². The van der Waals surface area contributed by atoms with Crippen molar-refractivity contribution in [1.82, 2.24) is 5.32 Å². The average molecular weight is 940 g/mol. The number of allylic oxidation sites excluding steroid dienone is 1. The minimum Gasteiger partial charge on any atom is -0.508 e. The van der Waals surface area contributed by atoms with E-state index >= 15 is 0 Å². The largest absolute Gasteiger partial charge is 0.508 e. The minimum absolute atomic E-state index is 0.00778. The van der Waals surface area contributed by atoms with Crippen LogP contribution < -0.4 is 14.8 Å². The smallest absolute Gasteiger partial charge is 0.310 e. The van der Waals surface area contributed by atoms with Gasteiger partial charge < -0.3 is 39.6 Å². The standard InChI is InChI=1S/C60H61NO9/c1-33(62)69-55-29-45(70-58(66)20-34-12-13-39-23-44(63)27-47(46(39)19-34)38-11-7-8-35(18-38)32-61-2)28-50-48-31-57(68-4)53(64)25-41(48)21-40-15-17-51-49-30-54(65)56(67-3)26-42(49)24-52(55)60(51,59(40)50)43-16-14-36-9-5-6-10-37(36)22-43/h5-13,18-19,22-23,25-27,30-31,40,45,50-52,55,59,61,63-65H,14-17,20-21,24,28-29,32H2,1-4H3. The molecule has 10 nitrogen and oxygen atoms in total. The summed E-state index contributed by atoms with van der Waals surface area (Å²) in [7, 11) is 5.06. The molecule has 8 atom stereocenters. The molecule has 6 aromatic rings. The van der Waals surface area contributed by atoms with Gasteiger partial charge in [0.15, 0.2) is 23.0 Å². The van der Waals surface area contributed by atoms with Gasteiger partial charge in [-0.1, -0.05) is 66.2 Å². The number of benzene rings is 6. The number of aromatic hydroxyl groups is 3. The zero-order chi connectivity index (χ0) is 48.4. The number of phenols is 3. The van der Waals surface area contributed by atoms with Crippen LogP contribution in [0.25, 0.3) is 28.0 Å². The van der Waals surface area contributed by atoms with E-state index in [2.05, 4.69) is 47.8 Å². The van der Waals surface area contributed by atoms with Crippen molar-refractivity contribution in [3.05, 3.63) is 153 Å². The maximum atomic E-state index is 14.6. The van der Waals surface area contributed by atoms with Gasteiger partial charge in [-0.25, -0.2) is 0 Å². The summed E-state index contributed by atoms with van der Waals surface area (Å²) < 4.78 is 24.9. The third-order valence-electron chi connectivity index (χ3n) is 16.7. The molecular formula is C60H61NO9. The molecule has 0 amide bonds. The highest BCUT2D eigenvalue weighted by Crippen LogP contribution is 2.72. The van der Waals surface area contributed by atoms with Gasteiger partial charge in [0.25, 0.3) is 0 Å². The molecule has 0 radical (unpaired) electrons. The van der Waals surface area contributed by atoms with Crippen molar-refractivity contribution in [2.45, 2.75) is 95.3 Å². The zero-order valence-electron chi connectivity index (χ0n) is 40.3. The molecule has 4 N–H and O–H groups in total. The summed E-state index contributed by atoms with van der Waals surface area (Å²) in [6.07, 6.45) is 6.76. The molecule has 8 unspecified atom stereocenters. The van der Waals surface area contributed by atoms with Gasteiger partial charge >= 0.3 is 11.9 Å². The van der Waals surface area contributed by atoms with Gasteiger partial charge in [-0.05, 0) is 191 Å². The van der Waals surface area contributed by atoms with Crippen LogP contribution >= 0.6 is 0 Å². The summed E-state index contributed by atoms with van der Waals surface area (Å²) in [4.78, 5) is 28.2. The van der Waals surface area contributed by atoms with E-state index in [1.165, 1.54) is 23.6 Å². The Morgan fingerprint density at radius 2 is 1.54 bits per heavy atom. The Morgan fingerprint density at radius 3 is 2.36 bits per heavy atom. The molecule has 0 bridgehead atoms. The van der Waals surface area contributed by atoms with Gasteiger partial charge in [0.1, 0.15) is 18.0 Å². The van der Waals surface area contributed by atoms with E-state index in [1.54, 1.807) is 26.4 Å². The van der Waals surface area contributed by atoms with Crippen LogP contribution in [0.4, 0.5) is 0 Å². The second-order valence-corrected chi connectivity index (χ2v) is 20.5. The molecule has 360 valence electrons. The van der Waals surface area contributed by atoms with Crippen molar-refractivity contribution in [3.8, 4) is 39.9 Å². The molecule has 0 heterocycles. The van der Waals surface area contributed by atoms with Crippen molar-refractivity contribution >= 4 is 28.8 Å². The van der Waals surface area contributed by atoms with Crippen molar-refractivity contribution < 1.29 is 43.9 Å². The number of phenolic OH excluding ortho intramolecular Hbond substituents is 3. The van der Waals surface area contributed by atoms with E-state index in [9.17, 15) is 24.9 Å². The first-order valence-electron chi connectivity index (χ1n) is 24.9. The van der Waals surface area contributed by atoms with E-state index in [0.717, 1.165) is 87.4 Å². The lowest BCUT2D eigenvalue weighted by Gasteiger charge is -2.66. The molecule has 11 rings (SSSR count). The molecule has 2 fully saturated rings. The SMILES string of the molecule is CNCc1cccc(-c2cc(O)cc3ccc(CC(=O)OC4CC(OC(C)=O)C5Cc6cc(OC)c(O)cc6C6CCC7Cc8cc(O)c(OC)cc8C(C4)C7C65C4=Cc5ccccc5CC4)cc23)c1. The number of methoxy groups -OCH3 is 2. The van der Waals surface area contributed by atoms with Crippen LogP contribution in [0.2, 0.25) is 0 Å². The molecule has 0 aliphatic heterocycles. The fourth-order valence-corrected chi connectivity index (χ4v) is 14.3. The Balaban J connectivity index is 1.04. The van der Waals surface area contributed by atoms with Gasteiger partial charge in [-0.2, -0.15) is 0 Å². The molecule has 0 aromatic heterocycles. The molecule has 10 heteroatoms. The van der Waals surface area contributed by atoms with Crippen molar-refractivity contribution in [2.24, 2.45) is 23.2 Å². The summed E-state index contributed by atoms with van der Waals surface area (Å²) in [6, 6.07) is 34.1. The van der Waals surface area contributed by atoms with Crippen molar-refractivity contribution in [3.63, 3.8) is 0 Å². The lowest BCUT2D eigenvalue weighted by atomic mass is 9.38. The van der Waals surface area contributed by atoms with Gasteiger partial charge in [0.2, 0.25) is 0 Å². The average Bonchev–Trinajstić information content (AvgIpc) is 3.34. The van der Waals surface area contributed by atoms with E-state index in [-0.39, 0.29) is 65.2 Å². The highest BCUT2D eigenvalue weighted by atomic mass is 16.6. The normalized spacial score (nSPS) is 25.1. The van der Waals surface area contributed by atoms with Crippen LogP contribution in [-0.4, -0.2) is 60.7 Å². The molecule has 2 saturated carbocycles. The number of carbonyl (C=O) groups excluding carboxylic acids is 2. The third-order valence-corrected chi connectivity index (χ3v) is 16.7. The van der Waals surface area contributed by atoms with Crippen LogP contribution in [0.1, 0.15) is 95.4 Å².